The first kappa shape index (κ1) is 15.8. The normalized spacial score (nSPS) is 13.9. The number of nitrogens with one attached hydrogen (secondary N) is 1. The fourth-order valence-corrected chi connectivity index (χ4v) is 2.71. The Bertz CT molecular complexity index is 556. The van der Waals surface area contributed by atoms with Crippen molar-refractivity contribution in [1.29, 1.82) is 0 Å². The van der Waals surface area contributed by atoms with Crippen LogP contribution in [0.3, 0.4) is 0 Å². The highest BCUT2D eigenvalue weighted by Crippen LogP contribution is 2.15. The van der Waals surface area contributed by atoms with E-state index in [1.54, 1.807) is 0 Å². The van der Waals surface area contributed by atoms with E-state index in [1.165, 1.54) is 28.7 Å². The van der Waals surface area contributed by atoms with Crippen LogP contribution in [0.15, 0.2) is 48.5 Å². The minimum absolute atomic E-state index is 0.401. The fraction of sp³-hybridized carbons (Fsp3) is 0.400. The molecule has 1 heteroatoms. The van der Waals surface area contributed by atoms with Crippen LogP contribution < -0.4 is 5.32 Å². The molecule has 2 aromatic carbocycles. The molecule has 0 saturated heterocycles. The molecule has 0 aliphatic carbocycles. The second kappa shape index (κ2) is 7.42. The number of rotatable bonds is 6. The SMILES string of the molecule is Cc1ccc([C@@H](C)NC(C)CCc2cccc(C)c2)cc1. The number of aryl methyl sites for hydroxylation is 3. The van der Waals surface area contributed by atoms with Gasteiger partial charge in [-0.05, 0) is 51.7 Å². The fourth-order valence-electron chi connectivity index (χ4n) is 2.71. The van der Waals surface area contributed by atoms with Gasteiger partial charge in [-0.2, -0.15) is 0 Å². The third-order valence-corrected chi connectivity index (χ3v) is 4.06. The second-order valence-electron chi connectivity index (χ2n) is 6.23. The molecule has 0 aliphatic rings. The molecule has 0 bridgehead atoms. The number of hydrogen-bond acceptors (Lipinski definition) is 1. The smallest absolute Gasteiger partial charge is 0.0294 e. The van der Waals surface area contributed by atoms with Gasteiger partial charge in [0.1, 0.15) is 0 Å². The predicted molar refractivity (Wildman–Crippen MR) is 91.7 cm³/mol. The predicted octanol–water partition coefficient (Wildman–Crippen LogP) is 4.98. The Kier molecular flexibility index (Phi) is 5.58. The Morgan fingerprint density at radius 2 is 1.62 bits per heavy atom. The molecule has 1 nitrogen and oxygen atoms in total. The van der Waals surface area contributed by atoms with Crippen LogP contribution in [0.4, 0.5) is 0 Å². The summed E-state index contributed by atoms with van der Waals surface area (Å²) >= 11 is 0. The standard InChI is InChI=1S/C20H27N/c1-15-8-12-20(13-9-15)18(4)21-17(3)10-11-19-7-5-6-16(2)14-19/h5-9,12-14,17-18,21H,10-11H2,1-4H3/t17?,18-/m1/s1. The Morgan fingerprint density at radius 3 is 2.29 bits per heavy atom. The molecule has 0 heterocycles. The van der Waals surface area contributed by atoms with E-state index < -0.39 is 0 Å². The summed E-state index contributed by atoms with van der Waals surface area (Å²) in [7, 11) is 0. The Balaban J connectivity index is 1.83. The molecule has 2 aromatic rings. The Hall–Kier alpha value is -1.60. The van der Waals surface area contributed by atoms with Crippen molar-refractivity contribution in [2.24, 2.45) is 0 Å². The minimum Gasteiger partial charge on any atom is -0.308 e. The molecule has 21 heavy (non-hydrogen) atoms. The van der Waals surface area contributed by atoms with Crippen molar-refractivity contribution in [3.63, 3.8) is 0 Å². The van der Waals surface area contributed by atoms with Crippen molar-refractivity contribution in [1.82, 2.24) is 5.32 Å². The van der Waals surface area contributed by atoms with Gasteiger partial charge in [-0.3, -0.25) is 0 Å². The zero-order valence-corrected chi connectivity index (χ0v) is 13.7. The highest BCUT2D eigenvalue weighted by molar-refractivity contribution is 5.24. The maximum Gasteiger partial charge on any atom is 0.0294 e. The van der Waals surface area contributed by atoms with Crippen molar-refractivity contribution < 1.29 is 0 Å². The summed E-state index contributed by atoms with van der Waals surface area (Å²) in [5.74, 6) is 0. The summed E-state index contributed by atoms with van der Waals surface area (Å²) in [4.78, 5) is 0. The van der Waals surface area contributed by atoms with Gasteiger partial charge in [-0.1, -0.05) is 59.7 Å². The van der Waals surface area contributed by atoms with Crippen molar-refractivity contribution in [2.45, 2.75) is 52.6 Å². The minimum atomic E-state index is 0.401. The van der Waals surface area contributed by atoms with E-state index in [2.05, 4.69) is 81.5 Å². The number of hydrogen-bond donors (Lipinski definition) is 1. The lowest BCUT2D eigenvalue weighted by Gasteiger charge is -2.20. The molecule has 0 radical (unpaired) electrons. The van der Waals surface area contributed by atoms with Gasteiger partial charge in [0.15, 0.2) is 0 Å². The first-order valence-corrected chi connectivity index (χ1v) is 7.93. The molecule has 0 saturated carbocycles. The molecule has 0 aliphatic heterocycles. The molecule has 0 fully saturated rings. The summed E-state index contributed by atoms with van der Waals surface area (Å²) in [6, 6.07) is 18.6. The van der Waals surface area contributed by atoms with E-state index in [1.807, 2.05) is 0 Å². The maximum absolute atomic E-state index is 3.70. The molecule has 2 rings (SSSR count). The van der Waals surface area contributed by atoms with Gasteiger partial charge < -0.3 is 5.32 Å². The third kappa shape index (κ3) is 5.02. The van der Waals surface area contributed by atoms with Crippen LogP contribution in [-0.4, -0.2) is 6.04 Å². The quantitative estimate of drug-likeness (QED) is 0.787. The van der Waals surface area contributed by atoms with Gasteiger partial charge in [0.2, 0.25) is 0 Å². The lowest BCUT2D eigenvalue weighted by atomic mass is 10.0. The van der Waals surface area contributed by atoms with Crippen molar-refractivity contribution in [3.8, 4) is 0 Å². The molecule has 1 N–H and O–H groups in total. The molecule has 112 valence electrons. The first-order valence-electron chi connectivity index (χ1n) is 7.93. The second-order valence-corrected chi connectivity index (χ2v) is 6.23. The average Bonchev–Trinajstić information content (AvgIpc) is 2.46. The molecule has 0 amide bonds. The third-order valence-electron chi connectivity index (χ3n) is 4.06. The largest absolute Gasteiger partial charge is 0.308 e. The zero-order valence-electron chi connectivity index (χ0n) is 13.7. The van der Waals surface area contributed by atoms with E-state index >= 15 is 0 Å². The molecular formula is C20H27N. The van der Waals surface area contributed by atoms with Gasteiger partial charge in [0, 0.05) is 12.1 Å². The monoisotopic (exact) mass is 281 g/mol. The van der Waals surface area contributed by atoms with Crippen molar-refractivity contribution in [2.75, 3.05) is 0 Å². The van der Waals surface area contributed by atoms with E-state index in [-0.39, 0.29) is 0 Å². The van der Waals surface area contributed by atoms with Crippen molar-refractivity contribution in [3.05, 3.63) is 70.8 Å². The summed E-state index contributed by atoms with van der Waals surface area (Å²) < 4.78 is 0. The van der Waals surface area contributed by atoms with E-state index in [0.717, 1.165) is 6.42 Å². The van der Waals surface area contributed by atoms with Gasteiger partial charge in [0.05, 0.1) is 0 Å². The molecule has 0 spiro atoms. The lowest BCUT2D eigenvalue weighted by molar-refractivity contribution is 0.456. The van der Waals surface area contributed by atoms with Gasteiger partial charge >= 0.3 is 0 Å². The van der Waals surface area contributed by atoms with Crippen LogP contribution in [0.25, 0.3) is 0 Å². The van der Waals surface area contributed by atoms with Gasteiger partial charge in [-0.25, -0.2) is 0 Å². The highest BCUT2D eigenvalue weighted by Gasteiger charge is 2.09. The van der Waals surface area contributed by atoms with Crippen LogP contribution in [0.5, 0.6) is 0 Å². The summed E-state index contributed by atoms with van der Waals surface area (Å²) in [6.45, 7) is 8.81. The first-order chi connectivity index (χ1) is 10.0. The van der Waals surface area contributed by atoms with Crippen LogP contribution in [0.2, 0.25) is 0 Å². The van der Waals surface area contributed by atoms with Crippen molar-refractivity contribution >= 4 is 0 Å². The summed E-state index contributed by atoms with van der Waals surface area (Å²) in [6.07, 6.45) is 2.30. The molecule has 0 aromatic heterocycles. The summed E-state index contributed by atoms with van der Waals surface area (Å²) in [5, 5.41) is 3.70. The van der Waals surface area contributed by atoms with Crippen LogP contribution in [0.1, 0.15) is 48.6 Å². The van der Waals surface area contributed by atoms with Gasteiger partial charge in [0.25, 0.3) is 0 Å². The van der Waals surface area contributed by atoms with E-state index in [9.17, 15) is 0 Å². The Labute approximate surface area is 129 Å². The average molecular weight is 281 g/mol. The zero-order chi connectivity index (χ0) is 15.2. The van der Waals surface area contributed by atoms with Crippen LogP contribution in [0, 0.1) is 13.8 Å². The molecule has 2 atom stereocenters. The van der Waals surface area contributed by atoms with E-state index in [0.29, 0.717) is 12.1 Å². The van der Waals surface area contributed by atoms with Crippen LogP contribution in [-0.2, 0) is 6.42 Å². The summed E-state index contributed by atoms with van der Waals surface area (Å²) in [5.41, 5.74) is 5.47. The van der Waals surface area contributed by atoms with E-state index in [4.69, 9.17) is 0 Å². The molecular weight excluding hydrogens is 254 g/mol. The molecule has 1 unspecified atom stereocenters. The topological polar surface area (TPSA) is 12.0 Å². The highest BCUT2D eigenvalue weighted by atomic mass is 14.9. The van der Waals surface area contributed by atoms with Crippen LogP contribution >= 0.6 is 0 Å². The Morgan fingerprint density at radius 1 is 0.905 bits per heavy atom. The lowest BCUT2D eigenvalue weighted by Crippen LogP contribution is -2.29. The maximum atomic E-state index is 3.70. The van der Waals surface area contributed by atoms with Gasteiger partial charge in [-0.15, -0.1) is 0 Å². The number of benzene rings is 2.